The molecule has 0 saturated heterocycles. The standard InChI is InChI=1S/C20H18N2O4/c1-25-18-8-4-7-16(20(18)24)12-21-22-19(23)13-26-17-10-9-14-5-2-3-6-15(14)11-17/h2-12,24H,13H2,1H3,(H,22,23). The molecule has 0 aromatic heterocycles. The Bertz CT molecular complexity index is 953. The van der Waals surface area contributed by atoms with Crippen molar-refractivity contribution >= 4 is 22.9 Å². The average molecular weight is 350 g/mol. The van der Waals surface area contributed by atoms with Gasteiger partial charge < -0.3 is 14.6 Å². The third-order valence-electron chi connectivity index (χ3n) is 3.73. The lowest BCUT2D eigenvalue weighted by molar-refractivity contribution is -0.123. The summed E-state index contributed by atoms with van der Waals surface area (Å²) in [5.41, 5.74) is 2.79. The first-order valence-corrected chi connectivity index (χ1v) is 7.97. The molecule has 0 aliphatic carbocycles. The summed E-state index contributed by atoms with van der Waals surface area (Å²) >= 11 is 0. The van der Waals surface area contributed by atoms with E-state index in [1.54, 1.807) is 18.2 Å². The number of aromatic hydroxyl groups is 1. The van der Waals surface area contributed by atoms with E-state index in [-0.39, 0.29) is 12.4 Å². The molecule has 0 unspecified atom stereocenters. The molecule has 0 fully saturated rings. The third-order valence-corrected chi connectivity index (χ3v) is 3.73. The number of phenolic OH excluding ortho intramolecular Hbond substituents is 1. The van der Waals surface area contributed by atoms with Crippen LogP contribution in [0.25, 0.3) is 10.8 Å². The van der Waals surface area contributed by atoms with Crippen LogP contribution in [-0.4, -0.2) is 30.9 Å². The second-order valence-electron chi connectivity index (χ2n) is 5.49. The number of nitrogens with zero attached hydrogens (tertiary/aromatic N) is 1. The van der Waals surface area contributed by atoms with E-state index in [1.807, 2.05) is 42.5 Å². The van der Waals surface area contributed by atoms with Gasteiger partial charge in [0.05, 0.1) is 13.3 Å². The smallest absolute Gasteiger partial charge is 0.277 e. The van der Waals surface area contributed by atoms with E-state index in [0.717, 1.165) is 10.8 Å². The highest BCUT2D eigenvalue weighted by molar-refractivity contribution is 5.86. The summed E-state index contributed by atoms with van der Waals surface area (Å²) in [5, 5.41) is 15.9. The molecule has 3 aromatic rings. The van der Waals surface area contributed by atoms with Crippen LogP contribution >= 0.6 is 0 Å². The molecule has 0 saturated carbocycles. The van der Waals surface area contributed by atoms with Gasteiger partial charge in [-0.15, -0.1) is 0 Å². The first-order valence-electron chi connectivity index (χ1n) is 7.97. The molecule has 26 heavy (non-hydrogen) atoms. The number of benzene rings is 3. The minimum atomic E-state index is -0.406. The molecule has 6 nitrogen and oxygen atoms in total. The van der Waals surface area contributed by atoms with Crippen molar-refractivity contribution in [1.82, 2.24) is 5.43 Å². The monoisotopic (exact) mass is 350 g/mol. The fourth-order valence-electron chi connectivity index (χ4n) is 2.42. The van der Waals surface area contributed by atoms with Gasteiger partial charge in [0.1, 0.15) is 5.75 Å². The lowest BCUT2D eigenvalue weighted by atomic mass is 10.1. The molecule has 0 atom stereocenters. The maximum Gasteiger partial charge on any atom is 0.277 e. The van der Waals surface area contributed by atoms with Crippen LogP contribution in [0.4, 0.5) is 0 Å². The molecular weight excluding hydrogens is 332 g/mol. The number of amides is 1. The molecular formula is C20H18N2O4. The Kier molecular flexibility index (Phi) is 5.34. The van der Waals surface area contributed by atoms with Gasteiger partial charge >= 0.3 is 0 Å². The third kappa shape index (κ3) is 4.10. The van der Waals surface area contributed by atoms with E-state index >= 15 is 0 Å². The molecule has 2 N–H and O–H groups in total. The fourth-order valence-corrected chi connectivity index (χ4v) is 2.42. The van der Waals surface area contributed by atoms with Gasteiger partial charge in [-0.3, -0.25) is 4.79 Å². The van der Waals surface area contributed by atoms with Crippen LogP contribution in [0, 0.1) is 0 Å². The SMILES string of the molecule is COc1cccc(C=NNC(=O)COc2ccc3ccccc3c2)c1O. The molecule has 0 radical (unpaired) electrons. The van der Waals surface area contributed by atoms with E-state index in [4.69, 9.17) is 9.47 Å². The molecule has 0 aliphatic heterocycles. The number of nitrogens with one attached hydrogen (secondary N) is 1. The molecule has 3 aromatic carbocycles. The molecule has 0 bridgehead atoms. The van der Waals surface area contributed by atoms with E-state index in [9.17, 15) is 9.90 Å². The Labute approximate surface area is 150 Å². The number of methoxy groups -OCH3 is 1. The number of hydrazone groups is 1. The number of phenols is 1. The largest absolute Gasteiger partial charge is 0.504 e. The normalized spacial score (nSPS) is 10.8. The summed E-state index contributed by atoms with van der Waals surface area (Å²) in [6, 6.07) is 18.5. The van der Waals surface area contributed by atoms with Crippen molar-refractivity contribution in [3.05, 3.63) is 66.2 Å². The van der Waals surface area contributed by atoms with Crippen molar-refractivity contribution in [2.75, 3.05) is 13.7 Å². The van der Waals surface area contributed by atoms with Crippen molar-refractivity contribution in [3.63, 3.8) is 0 Å². The summed E-state index contributed by atoms with van der Waals surface area (Å²) < 4.78 is 10.5. The Hall–Kier alpha value is -3.54. The number of carbonyl (C=O) groups is 1. The fraction of sp³-hybridized carbons (Fsp3) is 0.100. The van der Waals surface area contributed by atoms with Crippen LogP contribution in [0.3, 0.4) is 0 Å². The second-order valence-corrected chi connectivity index (χ2v) is 5.49. The highest BCUT2D eigenvalue weighted by Crippen LogP contribution is 2.27. The maximum atomic E-state index is 11.8. The zero-order chi connectivity index (χ0) is 18.4. The van der Waals surface area contributed by atoms with Crippen molar-refractivity contribution in [2.24, 2.45) is 5.10 Å². The maximum absolute atomic E-state index is 11.8. The van der Waals surface area contributed by atoms with Gasteiger partial charge in [0.15, 0.2) is 18.1 Å². The topological polar surface area (TPSA) is 80.2 Å². The lowest BCUT2D eigenvalue weighted by Gasteiger charge is -2.07. The number of hydrogen-bond donors (Lipinski definition) is 2. The van der Waals surface area contributed by atoms with Crippen LogP contribution < -0.4 is 14.9 Å². The van der Waals surface area contributed by atoms with Gasteiger partial charge in [0, 0.05) is 5.56 Å². The molecule has 0 spiro atoms. The number of para-hydroxylation sites is 1. The quantitative estimate of drug-likeness (QED) is 0.529. The number of carbonyl (C=O) groups excluding carboxylic acids is 1. The molecule has 3 rings (SSSR count). The van der Waals surface area contributed by atoms with Gasteiger partial charge in [-0.05, 0) is 35.0 Å². The van der Waals surface area contributed by atoms with Gasteiger partial charge in [0.25, 0.3) is 5.91 Å². The van der Waals surface area contributed by atoms with Crippen molar-refractivity contribution < 1.29 is 19.4 Å². The Morgan fingerprint density at radius 3 is 2.73 bits per heavy atom. The lowest BCUT2D eigenvalue weighted by Crippen LogP contribution is -2.24. The van der Waals surface area contributed by atoms with Crippen LogP contribution in [0.1, 0.15) is 5.56 Å². The van der Waals surface area contributed by atoms with Crippen molar-refractivity contribution in [3.8, 4) is 17.2 Å². The molecule has 6 heteroatoms. The van der Waals surface area contributed by atoms with Crippen molar-refractivity contribution in [1.29, 1.82) is 0 Å². The zero-order valence-corrected chi connectivity index (χ0v) is 14.2. The first kappa shape index (κ1) is 17.3. The highest BCUT2D eigenvalue weighted by Gasteiger charge is 2.06. The van der Waals surface area contributed by atoms with Gasteiger partial charge in [-0.25, -0.2) is 5.43 Å². The minimum Gasteiger partial charge on any atom is -0.504 e. The number of fused-ring (bicyclic) bond motifs is 1. The van der Waals surface area contributed by atoms with Crippen LogP contribution in [0.5, 0.6) is 17.2 Å². The summed E-state index contributed by atoms with van der Waals surface area (Å²) in [6.07, 6.45) is 1.34. The van der Waals surface area contributed by atoms with E-state index in [0.29, 0.717) is 17.1 Å². The van der Waals surface area contributed by atoms with E-state index in [2.05, 4.69) is 10.5 Å². The summed E-state index contributed by atoms with van der Waals surface area (Å²) in [7, 11) is 1.46. The zero-order valence-electron chi connectivity index (χ0n) is 14.2. The molecule has 1 amide bonds. The highest BCUT2D eigenvalue weighted by atomic mass is 16.5. The van der Waals surface area contributed by atoms with E-state index < -0.39 is 5.91 Å². The van der Waals surface area contributed by atoms with Crippen molar-refractivity contribution in [2.45, 2.75) is 0 Å². The van der Waals surface area contributed by atoms with Gasteiger partial charge in [-0.2, -0.15) is 5.10 Å². The Morgan fingerprint density at radius 2 is 1.92 bits per heavy atom. The van der Waals surface area contributed by atoms with Crippen LogP contribution in [0.15, 0.2) is 65.8 Å². The Morgan fingerprint density at radius 1 is 1.12 bits per heavy atom. The summed E-state index contributed by atoms with van der Waals surface area (Å²) in [6.45, 7) is -0.167. The summed E-state index contributed by atoms with van der Waals surface area (Å²) in [5.74, 6) is 0.491. The number of hydrogen-bond acceptors (Lipinski definition) is 5. The molecule has 132 valence electrons. The van der Waals surface area contributed by atoms with Gasteiger partial charge in [-0.1, -0.05) is 36.4 Å². The van der Waals surface area contributed by atoms with Crippen LogP contribution in [-0.2, 0) is 4.79 Å². The predicted molar refractivity (Wildman–Crippen MR) is 99.8 cm³/mol. The first-order chi connectivity index (χ1) is 12.7. The molecule has 0 aliphatic rings. The number of ether oxygens (including phenoxy) is 2. The van der Waals surface area contributed by atoms with Crippen LogP contribution in [0.2, 0.25) is 0 Å². The molecule has 0 heterocycles. The number of rotatable bonds is 6. The van der Waals surface area contributed by atoms with E-state index in [1.165, 1.54) is 13.3 Å². The minimum absolute atomic E-state index is 0.0413. The average Bonchev–Trinajstić information content (AvgIpc) is 2.67. The van der Waals surface area contributed by atoms with Gasteiger partial charge in [0.2, 0.25) is 0 Å². The second kappa shape index (κ2) is 8.02. The summed E-state index contributed by atoms with van der Waals surface area (Å²) in [4.78, 5) is 11.8. The Balaban J connectivity index is 1.55. The predicted octanol–water partition coefficient (Wildman–Crippen LogP) is 3.08.